The van der Waals surface area contributed by atoms with Crippen LogP contribution < -0.4 is 5.32 Å². The van der Waals surface area contributed by atoms with Crippen molar-refractivity contribution >= 4 is 21.6 Å². The van der Waals surface area contributed by atoms with E-state index in [4.69, 9.17) is 0 Å². The van der Waals surface area contributed by atoms with E-state index < -0.39 is 6.10 Å². The zero-order valence-corrected chi connectivity index (χ0v) is 16.1. The summed E-state index contributed by atoms with van der Waals surface area (Å²) in [5.41, 5.74) is 3.98. The van der Waals surface area contributed by atoms with Crippen molar-refractivity contribution in [1.29, 1.82) is 0 Å². The van der Waals surface area contributed by atoms with Crippen molar-refractivity contribution in [3.63, 3.8) is 0 Å². The van der Waals surface area contributed by atoms with Gasteiger partial charge in [0.2, 0.25) is 0 Å². The lowest BCUT2D eigenvalue weighted by Gasteiger charge is -2.24. The van der Waals surface area contributed by atoms with Gasteiger partial charge in [-0.3, -0.25) is 0 Å². The van der Waals surface area contributed by atoms with Gasteiger partial charge in [-0.1, -0.05) is 57.9 Å². The Morgan fingerprint density at radius 3 is 2.08 bits per heavy atom. The molecule has 4 heteroatoms. The topological polar surface area (TPSA) is 32.3 Å². The van der Waals surface area contributed by atoms with Crippen LogP contribution in [0.5, 0.6) is 0 Å². The molecule has 3 aromatic carbocycles. The molecule has 3 rings (SSSR count). The molecule has 0 amide bonds. The zero-order chi connectivity index (χ0) is 18.5. The maximum absolute atomic E-state index is 13.1. The third kappa shape index (κ3) is 4.93. The Kier molecular flexibility index (Phi) is 6.07. The van der Waals surface area contributed by atoms with Crippen LogP contribution in [0.15, 0.2) is 77.3 Å². The average molecular weight is 414 g/mol. The standard InChI is InChI=1S/C22H21BrFNO/c1-15-2-12-20(13-3-15)25-21(16-4-8-18(23)9-5-16)14-22(26)17-6-10-19(24)11-7-17/h2-13,21-22,25-26H,14H2,1H3. The fourth-order valence-electron chi connectivity index (χ4n) is 2.87. The molecule has 2 N–H and O–H groups in total. The third-order valence-corrected chi connectivity index (χ3v) is 4.91. The van der Waals surface area contributed by atoms with Crippen LogP contribution in [0.1, 0.15) is 35.3 Å². The molecule has 2 nitrogen and oxygen atoms in total. The van der Waals surface area contributed by atoms with Gasteiger partial charge >= 0.3 is 0 Å². The van der Waals surface area contributed by atoms with Crippen LogP contribution >= 0.6 is 15.9 Å². The fraction of sp³-hybridized carbons (Fsp3) is 0.182. The van der Waals surface area contributed by atoms with Crippen LogP contribution in [0.2, 0.25) is 0 Å². The Balaban J connectivity index is 1.83. The van der Waals surface area contributed by atoms with E-state index in [1.807, 2.05) is 43.3 Å². The van der Waals surface area contributed by atoms with Crippen LogP contribution in [-0.2, 0) is 0 Å². The van der Waals surface area contributed by atoms with Crippen molar-refractivity contribution in [3.05, 3.63) is 99.8 Å². The summed E-state index contributed by atoms with van der Waals surface area (Å²) in [4.78, 5) is 0. The van der Waals surface area contributed by atoms with Gasteiger partial charge in [0.25, 0.3) is 0 Å². The first kappa shape index (κ1) is 18.6. The number of anilines is 1. The highest BCUT2D eigenvalue weighted by molar-refractivity contribution is 9.10. The first-order chi connectivity index (χ1) is 12.5. The molecule has 0 radical (unpaired) electrons. The Morgan fingerprint density at radius 2 is 1.46 bits per heavy atom. The Bertz CT molecular complexity index is 832. The number of rotatable bonds is 6. The molecule has 134 valence electrons. The van der Waals surface area contributed by atoms with Crippen molar-refractivity contribution in [3.8, 4) is 0 Å². The molecule has 0 saturated carbocycles. The van der Waals surface area contributed by atoms with Crippen molar-refractivity contribution < 1.29 is 9.50 Å². The van der Waals surface area contributed by atoms with E-state index in [9.17, 15) is 9.50 Å². The summed E-state index contributed by atoms with van der Waals surface area (Å²) in [6.45, 7) is 2.05. The van der Waals surface area contributed by atoms with E-state index in [0.29, 0.717) is 12.0 Å². The van der Waals surface area contributed by atoms with Crippen LogP contribution in [0.3, 0.4) is 0 Å². The van der Waals surface area contributed by atoms with Crippen molar-refractivity contribution in [2.45, 2.75) is 25.5 Å². The minimum absolute atomic E-state index is 0.0779. The molecule has 2 atom stereocenters. The van der Waals surface area contributed by atoms with Gasteiger partial charge in [-0.25, -0.2) is 4.39 Å². The number of aliphatic hydroxyl groups is 1. The molecule has 0 fully saturated rings. The Labute approximate surface area is 161 Å². The smallest absolute Gasteiger partial charge is 0.123 e. The summed E-state index contributed by atoms with van der Waals surface area (Å²) >= 11 is 3.46. The Hall–Kier alpha value is -2.17. The number of halogens is 2. The van der Waals surface area contributed by atoms with Gasteiger partial charge in [-0.15, -0.1) is 0 Å². The van der Waals surface area contributed by atoms with Crippen LogP contribution in [0, 0.1) is 12.7 Å². The largest absolute Gasteiger partial charge is 0.388 e. The zero-order valence-electron chi connectivity index (χ0n) is 14.5. The molecular weight excluding hydrogens is 393 g/mol. The number of hydrogen-bond donors (Lipinski definition) is 2. The van der Waals surface area contributed by atoms with E-state index in [1.54, 1.807) is 12.1 Å². The molecular formula is C22H21BrFNO. The van der Waals surface area contributed by atoms with E-state index in [1.165, 1.54) is 17.7 Å². The van der Waals surface area contributed by atoms with Gasteiger partial charge < -0.3 is 10.4 Å². The van der Waals surface area contributed by atoms with Crippen molar-refractivity contribution in [2.24, 2.45) is 0 Å². The SMILES string of the molecule is Cc1ccc(NC(CC(O)c2ccc(F)cc2)c2ccc(Br)cc2)cc1. The second kappa shape index (κ2) is 8.47. The maximum Gasteiger partial charge on any atom is 0.123 e. The lowest BCUT2D eigenvalue weighted by molar-refractivity contribution is 0.160. The molecule has 0 heterocycles. The highest BCUT2D eigenvalue weighted by atomic mass is 79.9. The molecule has 3 aromatic rings. The van der Waals surface area contributed by atoms with Crippen LogP contribution in [0.25, 0.3) is 0 Å². The highest BCUT2D eigenvalue weighted by Gasteiger charge is 2.18. The van der Waals surface area contributed by atoms with E-state index >= 15 is 0 Å². The first-order valence-corrected chi connectivity index (χ1v) is 9.33. The minimum Gasteiger partial charge on any atom is -0.388 e. The van der Waals surface area contributed by atoms with E-state index in [2.05, 4.69) is 33.4 Å². The lowest BCUT2D eigenvalue weighted by atomic mass is 9.96. The molecule has 0 bridgehead atoms. The third-order valence-electron chi connectivity index (χ3n) is 4.38. The predicted molar refractivity (Wildman–Crippen MR) is 108 cm³/mol. The molecule has 0 aromatic heterocycles. The summed E-state index contributed by atoms with van der Waals surface area (Å²) in [7, 11) is 0. The predicted octanol–water partition coefficient (Wildman–Crippen LogP) is 6.17. The molecule has 0 aliphatic heterocycles. The molecule has 2 unspecified atom stereocenters. The van der Waals surface area contributed by atoms with Gasteiger partial charge in [-0.2, -0.15) is 0 Å². The number of hydrogen-bond acceptors (Lipinski definition) is 2. The first-order valence-electron chi connectivity index (χ1n) is 8.53. The second-order valence-corrected chi connectivity index (χ2v) is 7.33. The summed E-state index contributed by atoms with van der Waals surface area (Å²) in [6.07, 6.45) is -0.219. The van der Waals surface area contributed by atoms with E-state index in [0.717, 1.165) is 15.7 Å². The van der Waals surface area contributed by atoms with Crippen molar-refractivity contribution in [2.75, 3.05) is 5.32 Å². The molecule has 26 heavy (non-hydrogen) atoms. The summed E-state index contributed by atoms with van der Waals surface area (Å²) < 4.78 is 14.1. The second-order valence-electron chi connectivity index (χ2n) is 6.42. The van der Waals surface area contributed by atoms with Crippen molar-refractivity contribution in [1.82, 2.24) is 0 Å². The number of benzene rings is 3. The number of aliphatic hydroxyl groups excluding tert-OH is 1. The Morgan fingerprint density at radius 1 is 0.885 bits per heavy atom. The molecule has 0 aliphatic rings. The van der Waals surface area contributed by atoms with Gasteiger partial charge in [-0.05, 0) is 54.4 Å². The number of nitrogens with one attached hydrogen (secondary N) is 1. The highest BCUT2D eigenvalue weighted by Crippen LogP contribution is 2.30. The monoisotopic (exact) mass is 413 g/mol. The maximum atomic E-state index is 13.1. The van der Waals surface area contributed by atoms with Crippen LogP contribution in [0.4, 0.5) is 10.1 Å². The quantitative estimate of drug-likeness (QED) is 0.505. The molecule has 0 saturated heterocycles. The average Bonchev–Trinajstić information content (AvgIpc) is 2.64. The molecule has 0 aliphatic carbocycles. The number of aryl methyl sites for hydroxylation is 1. The summed E-state index contributed by atoms with van der Waals surface area (Å²) in [6, 6.07) is 22.2. The van der Waals surface area contributed by atoms with E-state index in [-0.39, 0.29) is 11.9 Å². The fourth-order valence-corrected chi connectivity index (χ4v) is 3.13. The molecule has 0 spiro atoms. The van der Waals surface area contributed by atoms with Gasteiger partial charge in [0.15, 0.2) is 0 Å². The lowest BCUT2D eigenvalue weighted by Crippen LogP contribution is -2.15. The van der Waals surface area contributed by atoms with Gasteiger partial charge in [0.1, 0.15) is 5.82 Å². The van der Waals surface area contributed by atoms with Gasteiger partial charge in [0.05, 0.1) is 12.1 Å². The van der Waals surface area contributed by atoms with Crippen LogP contribution in [-0.4, -0.2) is 5.11 Å². The summed E-state index contributed by atoms with van der Waals surface area (Å²) in [5.74, 6) is -0.303. The minimum atomic E-state index is -0.692. The summed E-state index contributed by atoms with van der Waals surface area (Å²) in [5, 5.41) is 14.2. The normalized spacial score (nSPS) is 13.2. The van der Waals surface area contributed by atoms with Gasteiger partial charge in [0, 0.05) is 16.6 Å².